The highest BCUT2D eigenvalue weighted by Gasteiger charge is 2.70. The minimum absolute atomic E-state index is 0.0304. The fourth-order valence-corrected chi connectivity index (χ4v) is 15.7. The number of aromatic carboxylic acids is 1. The standard InChI is InChI=1S/C46H68N2O3/c1-29(2)34-17-22-46(47-25-26-48-32-13-14-33(48)28-42(5,51)27-32)24-23-44(7)36(39(34)46)15-16-38-43(6)20-18-35(30-9-11-31(12-10-30)40(49)50)41(3,4)37(43)19-21-45(38,44)8/h9-12,18,32-34,36-39,47,51H,1,13-17,19-28H2,2-8H3,(H,49,50). The third kappa shape index (κ3) is 5.27. The molecule has 6 fully saturated rings. The highest BCUT2D eigenvalue weighted by Crippen LogP contribution is 2.76. The summed E-state index contributed by atoms with van der Waals surface area (Å²) in [6.07, 6.45) is 18.5. The van der Waals surface area contributed by atoms with Crippen molar-refractivity contribution in [1.82, 2.24) is 10.2 Å². The molecule has 2 heterocycles. The molecule has 11 atom stereocenters. The number of carbonyl (C=O) groups is 1. The van der Waals surface area contributed by atoms with Crippen LogP contribution in [0.2, 0.25) is 0 Å². The van der Waals surface area contributed by atoms with E-state index < -0.39 is 11.6 Å². The van der Waals surface area contributed by atoms with Gasteiger partial charge in [0.25, 0.3) is 0 Å². The Labute approximate surface area is 309 Å². The Hall–Kier alpha value is -1.95. The number of carboxylic acids is 1. The summed E-state index contributed by atoms with van der Waals surface area (Å²) in [7, 11) is 0. The summed E-state index contributed by atoms with van der Waals surface area (Å²) in [5.41, 5.74) is 5.03. The normalized spacial score (nSPS) is 47.1. The fourth-order valence-electron chi connectivity index (χ4n) is 15.7. The van der Waals surface area contributed by atoms with Crippen molar-refractivity contribution in [2.75, 3.05) is 13.1 Å². The second-order valence-electron chi connectivity index (χ2n) is 20.7. The fraction of sp³-hybridized carbons (Fsp3) is 0.761. The number of nitrogens with one attached hydrogen (secondary N) is 1. The minimum Gasteiger partial charge on any atom is -0.478 e. The summed E-state index contributed by atoms with van der Waals surface area (Å²) >= 11 is 0. The van der Waals surface area contributed by atoms with Gasteiger partial charge in [-0.1, -0.05) is 65.0 Å². The van der Waals surface area contributed by atoms with Crippen molar-refractivity contribution in [3.05, 3.63) is 53.6 Å². The van der Waals surface area contributed by atoms with E-state index >= 15 is 0 Å². The summed E-state index contributed by atoms with van der Waals surface area (Å²) in [6.45, 7) is 24.3. The largest absolute Gasteiger partial charge is 0.478 e. The molecule has 51 heavy (non-hydrogen) atoms. The SMILES string of the molecule is C=C(C)C1CCC2(NCCN3C4CCC3CC(C)(O)C4)CCC3(C)C(CCC4C5(C)CC=C(c6ccc(C(=O)O)cc6)C(C)(C)C5CCC43C)C12. The van der Waals surface area contributed by atoms with Gasteiger partial charge in [-0.15, -0.1) is 0 Å². The van der Waals surface area contributed by atoms with Crippen LogP contribution in [0.5, 0.6) is 0 Å². The lowest BCUT2D eigenvalue weighted by atomic mass is 9.33. The number of fused-ring (bicyclic) bond motifs is 9. The van der Waals surface area contributed by atoms with Crippen molar-refractivity contribution in [2.45, 2.75) is 155 Å². The Morgan fingerprint density at radius 2 is 1.55 bits per heavy atom. The molecule has 5 heteroatoms. The summed E-state index contributed by atoms with van der Waals surface area (Å²) < 4.78 is 0. The molecule has 0 radical (unpaired) electrons. The lowest BCUT2D eigenvalue weighted by Crippen LogP contribution is -2.68. The molecule has 0 amide bonds. The predicted molar refractivity (Wildman–Crippen MR) is 207 cm³/mol. The quantitative estimate of drug-likeness (QED) is 0.248. The Morgan fingerprint density at radius 3 is 2.20 bits per heavy atom. The first-order chi connectivity index (χ1) is 24.0. The van der Waals surface area contributed by atoms with Crippen molar-refractivity contribution in [2.24, 2.45) is 51.2 Å². The molecule has 7 aliphatic rings. The van der Waals surface area contributed by atoms with Crippen molar-refractivity contribution < 1.29 is 15.0 Å². The molecule has 0 aromatic heterocycles. The number of aliphatic hydroxyl groups is 1. The molecular formula is C46H68N2O3. The van der Waals surface area contributed by atoms with Gasteiger partial charge in [-0.2, -0.15) is 0 Å². The molecule has 2 aliphatic heterocycles. The second-order valence-corrected chi connectivity index (χ2v) is 20.7. The number of piperidine rings is 1. The van der Waals surface area contributed by atoms with Gasteiger partial charge in [0.2, 0.25) is 0 Å². The maximum Gasteiger partial charge on any atom is 0.335 e. The minimum atomic E-state index is -0.857. The van der Waals surface area contributed by atoms with Gasteiger partial charge in [0.1, 0.15) is 0 Å². The maximum absolute atomic E-state index is 11.6. The Balaban J connectivity index is 1.05. The first-order valence-corrected chi connectivity index (χ1v) is 20.9. The van der Waals surface area contributed by atoms with Gasteiger partial charge in [-0.05, 0) is 172 Å². The zero-order valence-corrected chi connectivity index (χ0v) is 33.0. The monoisotopic (exact) mass is 697 g/mol. The van der Waals surface area contributed by atoms with Crippen molar-refractivity contribution in [3.63, 3.8) is 0 Å². The van der Waals surface area contributed by atoms with E-state index in [4.69, 9.17) is 0 Å². The number of nitrogens with zero attached hydrogens (tertiary/aromatic N) is 1. The van der Waals surface area contributed by atoms with E-state index in [0.29, 0.717) is 52.1 Å². The molecule has 0 spiro atoms. The van der Waals surface area contributed by atoms with E-state index in [0.717, 1.165) is 38.3 Å². The predicted octanol–water partition coefficient (Wildman–Crippen LogP) is 9.76. The maximum atomic E-state index is 11.6. The summed E-state index contributed by atoms with van der Waals surface area (Å²) in [5.74, 6) is 2.45. The van der Waals surface area contributed by atoms with Crippen LogP contribution >= 0.6 is 0 Å². The van der Waals surface area contributed by atoms with E-state index in [-0.39, 0.29) is 16.4 Å². The molecule has 8 rings (SSSR count). The van der Waals surface area contributed by atoms with Crippen LogP contribution in [0.25, 0.3) is 5.57 Å². The van der Waals surface area contributed by atoms with E-state index in [1.54, 1.807) is 12.1 Å². The topological polar surface area (TPSA) is 72.8 Å². The first-order valence-electron chi connectivity index (χ1n) is 20.9. The van der Waals surface area contributed by atoms with Gasteiger partial charge in [-0.25, -0.2) is 4.79 Å². The highest BCUT2D eigenvalue weighted by molar-refractivity contribution is 5.88. The van der Waals surface area contributed by atoms with E-state index in [1.165, 1.54) is 80.9 Å². The number of allylic oxidation sites excluding steroid dienone is 3. The summed E-state index contributed by atoms with van der Waals surface area (Å²) in [4.78, 5) is 14.3. The molecule has 5 nitrogen and oxygen atoms in total. The van der Waals surface area contributed by atoms with Crippen molar-refractivity contribution in [1.29, 1.82) is 0 Å². The molecule has 5 aliphatic carbocycles. The molecule has 3 N–H and O–H groups in total. The van der Waals surface area contributed by atoms with Gasteiger partial charge < -0.3 is 15.5 Å². The third-order valence-corrected chi connectivity index (χ3v) is 18.1. The van der Waals surface area contributed by atoms with Crippen molar-refractivity contribution in [3.8, 4) is 0 Å². The van der Waals surface area contributed by atoms with Crippen LogP contribution in [-0.4, -0.2) is 57.4 Å². The molecule has 4 saturated carbocycles. The molecule has 11 unspecified atom stereocenters. The van der Waals surface area contributed by atoms with Gasteiger partial charge in [0.15, 0.2) is 0 Å². The highest BCUT2D eigenvalue weighted by atomic mass is 16.4. The zero-order valence-electron chi connectivity index (χ0n) is 33.0. The number of benzene rings is 1. The molecule has 1 aromatic carbocycles. The lowest BCUT2D eigenvalue weighted by Gasteiger charge is -2.72. The Morgan fingerprint density at radius 1 is 0.863 bits per heavy atom. The Bertz CT molecular complexity index is 1580. The van der Waals surface area contributed by atoms with Gasteiger partial charge >= 0.3 is 5.97 Å². The number of hydrogen-bond acceptors (Lipinski definition) is 4. The summed E-state index contributed by atoms with van der Waals surface area (Å²) in [5, 5.41) is 24.7. The van der Waals surface area contributed by atoms with Crippen LogP contribution in [-0.2, 0) is 0 Å². The zero-order chi connectivity index (χ0) is 36.4. The molecule has 2 bridgehead atoms. The molecule has 280 valence electrons. The summed E-state index contributed by atoms with van der Waals surface area (Å²) in [6, 6.07) is 8.75. The van der Waals surface area contributed by atoms with Crippen molar-refractivity contribution >= 4 is 11.5 Å². The number of hydrogen-bond donors (Lipinski definition) is 3. The smallest absolute Gasteiger partial charge is 0.335 e. The van der Waals surface area contributed by atoms with Crippen LogP contribution in [0.1, 0.15) is 148 Å². The Kier molecular flexibility index (Phi) is 8.50. The third-order valence-electron chi connectivity index (χ3n) is 18.1. The van der Waals surface area contributed by atoms with E-state index in [2.05, 4.69) is 71.3 Å². The molecule has 1 aromatic rings. The number of rotatable bonds is 7. The molecular weight excluding hydrogens is 629 g/mol. The van der Waals surface area contributed by atoms with Crippen LogP contribution in [0.15, 0.2) is 42.5 Å². The van der Waals surface area contributed by atoms with Gasteiger partial charge in [0.05, 0.1) is 11.2 Å². The van der Waals surface area contributed by atoms with Crippen LogP contribution < -0.4 is 5.32 Å². The van der Waals surface area contributed by atoms with Crippen LogP contribution in [0.4, 0.5) is 0 Å². The van der Waals surface area contributed by atoms with Gasteiger partial charge in [0, 0.05) is 30.7 Å². The van der Waals surface area contributed by atoms with Gasteiger partial charge in [-0.3, -0.25) is 4.90 Å². The first kappa shape index (κ1) is 36.0. The molecule has 2 saturated heterocycles. The average molecular weight is 697 g/mol. The number of carboxylic acid groups (broad SMARTS) is 1. The lowest BCUT2D eigenvalue weighted by molar-refractivity contribution is -0.219. The second kappa shape index (κ2) is 12.0. The van der Waals surface area contributed by atoms with E-state index in [1.807, 2.05) is 12.1 Å². The van der Waals surface area contributed by atoms with E-state index in [9.17, 15) is 15.0 Å². The average Bonchev–Trinajstić information content (AvgIpc) is 3.56. The van der Waals surface area contributed by atoms with Crippen LogP contribution in [0, 0.1) is 51.2 Å². The van der Waals surface area contributed by atoms with Crippen LogP contribution in [0.3, 0.4) is 0 Å².